The number of aromatic amines is 1. The Morgan fingerprint density at radius 2 is 2.19 bits per heavy atom. The van der Waals surface area contributed by atoms with E-state index in [1.54, 1.807) is 6.20 Å². The first-order valence-electron chi connectivity index (χ1n) is 7.35. The van der Waals surface area contributed by atoms with Crippen LogP contribution >= 0.6 is 0 Å². The number of nitrogens with one attached hydrogen (secondary N) is 3. The maximum atomic E-state index is 11.9. The van der Waals surface area contributed by atoms with Crippen LogP contribution in [0.4, 0.5) is 0 Å². The molecule has 1 aliphatic rings. The van der Waals surface area contributed by atoms with Gasteiger partial charge in [-0.25, -0.2) is 9.78 Å². The molecule has 0 saturated carbocycles. The fourth-order valence-corrected chi connectivity index (χ4v) is 2.59. The molecule has 21 heavy (non-hydrogen) atoms. The second-order valence-corrected chi connectivity index (χ2v) is 5.47. The van der Waals surface area contributed by atoms with E-state index in [9.17, 15) is 14.7 Å². The minimum atomic E-state index is -1.03. The van der Waals surface area contributed by atoms with Crippen LogP contribution in [0.15, 0.2) is 12.5 Å². The first kappa shape index (κ1) is 15.5. The summed E-state index contributed by atoms with van der Waals surface area (Å²) in [5, 5.41) is 15.1. The number of imidazole rings is 1. The summed E-state index contributed by atoms with van der Waals surface area (Å²) >= 11 is 0. The maximum Gasteiger partial charge on any atom is 0.326 e. The summed E-state index contributed by atoms with van der Waals surface area (Å²) in [5.41, 5.74) is 0.695. The predicted octanol–water partition coefficient (Wildman–Crippen LogP) is 0.301. The molecular formula is C14H22N4O3. The number of amides is 1. The molecule has 4 N–H and O–H groups in total. The summed E-state index contributed by atoms with van der Waals surface area (Å²) in [5.74, 6) is -0.659. The molecule has 1 aliphatic heterocycles. The number of aliphatic carboxylic acids is 1. The van der Waals surface area contributed by atoms with E-state index in [4.69, 9.17) is 0 Å². The zero-order valence-corrected chi connectivity index (χ0v) is 12.0. The Labute approximate surface area is 123 Å². The van der Waals surface area contributed by atoms with E-state index in [0.29, 0.717) is 18.0 Å². The van der Waals surface area contributed by atoms with Gasteiger partial charge in [0.25, 0.3) is 0 Å². The number of carboxylic acid groups (broad SMARTS) is 1. The molecule has 1 fully saturated rings. The zero-order valence-electron chi connectivity index (χ0n) is 12.0. The van der Waals surface area contributed by atoms with Gasteiger partial charge in [-0.3, -0.25) is 4.79 Å². The van der Waals surface area contributed by atoms with Gasteiger partial charge in [-0.15, -0.1) is 0 Å². The molecule has 0 aliphatic carbocycles. The number of carbonyl (C=O) groups excluding carboxylic acids is 1. The van der Waals surface area contributed by atoms with Gasteiger partial charge in [0.2, 0.25) is 5.91 Å². The second-order valence-electron chi connectivity index (χ2n) is 5.47. The number of hydrogen-bond donors (Lipinski definition) is 4. The number of nitrogens with zero attached hydrogens (tertiary/aromatic N) is 1. The van der Waals surface area contributed by atoms with Crippen molar-refractivity contribution in [3.05, 3.63) is 18.2 Å². The van der Waals surface area contributed by atoms with Crippen LogP contribution in [-0.4, -0.2) is 46.1 Å². The smallest absolute Gasteiger partial charge is 0.326 e. The monoisotopic (exact) mass is 294 g/mol. The minimum absolute atomic E-state index is 0.194. The Bertz CT molecular complexity index is 455. The first-order chi connectivity index (χ1) is 10.1. The predicted molar refractivity (Wildman–Crippen MR) is 76.7 cm³/mol. The van der Waals surface area contributed by atoms with Gasteiger partial charge in [-0.05, 0) is 38.3 Å². The van der Waals surface area contributed by atoms with E-state index in [1.165, 1.54) is 6.33 Å². The van der Waals surface area contributed by atoms with Crippen LogP contribution < -0.4 is 10.6 Å². The van der Waals surface area contributed by atoms with Crippen molar-refractivity contribution in [3.8, 4) is 0 Å². The summed E-state index contributed by atoms with van der Waals surface area (Å²) in [6.45, 7) is 2.01. The number of carboxylic acids is 1. The third kappa shape index (κ3) is 5.18. The Balaban J connectivity index is 1.76. The van der Waals surface area contributed by atoms with Gasteiger partial charge in [0.1, 0.15) is 6.04 Å². The molecule has 1 atom stereocenters. The van der Waals surface area contributed by atoms with Gasteiger partial charge < -0.3 is 20.7 Å². The van der Waals surface area contributed by atoms with Gasteiger partial charge in [0, 0.05) is 24.7 Å². The van der Waals surface area contributed by atoms with Gasteiger partial charge >= 0.3 is 5.97 Å². The van der Waals surface area contributed by atoms with Crippen molar-refractivity contribution in [2.24, 2.45) is 5.92 Å². The average molecular weight is 294 g/mol. The molecule has 2 heterocycles. The normalized spacial score (nSPS) is 17.3. The second kappa shape index (κ2) is 7.78. The Morgan fingerprint density at radius 1 is 1.43 bits per heavy atom. The minimum Gasteiger partial charge on any atom is -0.480 e. The lowest BCUT2D eigenvalue weighted by atomic mass is 9.93. The maximum absolute atomic E-state index is 11.9. The van der Waals surface area contributed by atoms with Gasteiger partial charge in [0.05, 0.1) is 6.33 Å². The van der Waals surface area contributed by atoms with E-state index < -0.39 is 12.0 Å². The van der Waals surface area contributed by atoms with E-state index in [0.717, 1.165) is 32.4 Å². The van der Waals surface area contributed by atoms with Crippen molar-refractivity contribution in [2.45, 2.75) is 38.1 Å². The Hall–Kier alpha value is -1.89. The zero-order chi connectivity index (χ0) is 15.1. The quantitative estimate of drug-likeness (QED) is 0.578. The molecule has 1 aromatic rings. The van der Waals surface area contributed by atoms with Crippen LogP contribution in [0.3, 0.4) is 0 Å². The van der Waals surface area contributed by atoms with Crippen LogP contribution in [0.5, 0.6) is 0 Å². The Kier molecular flexibility index (Phi) is 5.74. The van der Waals surface area contributed by atoms with Crippen molar-refractivity contribution in [1.29, 1.82) is 0 Å². The number of hydrogen-bond acceptors (Lipinski definition) is 4. The SMILES string of the molecule is O=C(CCC1CCNCC1)N[C@@H](Cc1cnc[nH]1)C(=O)O. The molecular weight excluding hydrogens is 272 g/mol. The van der Waals surface area contributed by atoms with Gasteiger partial charge in [0.15, 0.2) is 0 Å². The summed E-state index contributed by atoms with van der Waals surface area (Å²) in [7, 11) is 0. The summed E-state index contributed by atoms with van der Waals surface area (Å²) in [6.07, 6.45) is 6.66. The lowest BCUT2D eigenvalue weighted by Crippen LogP contribution is -2.42. The highest BCUT2D eigenvalue weighted by Crippen LogP contribution is 2.17. The standard InChI is InChI=1S/C14H22N4O3/c19-13(2-1-10-3-5-15-6-4-10)18-12(14(20)21)7-11-8-16-9-17-11/h8-10,12,15H,1-7H2,(H,16,17)(H,18,19)(H,20,21)/t12-/m0/s1. The summed E-state index contributed by atoms with van der Waals surface area (Å²) < 4.78 is 0. The molecule has 0 bridgehead atoms. The van der Waals surface area contributed by atoms with E-state index in [2.05, 4.69) is 20.6 Å². The lowest BCUT2D eigenvalue weighted by Gasteiger charge is -2.22. The molecule has 0 spiro atoms. The van der Waals surface area contributed by atoms with Crippen LogP contribution in [0.2, 0.25) is 0 Å². The van der Waals surface area contributed by atoms with Crippen LogP contribution in [0.1, 0.15) is 31.4 Å². The fraction of sp³-hybridized carbons (Fsp3) is 0.643. The Morgan fingerprint density at radius 3 is 2.81 bits per heavy atom. The molecule has 116 valence electrons. The molecule has 0 radical (unpaired) electrons. The van der Waals surface area contributed by atoms with E-state index in [1.807, 2.05) is 0 Å². The highest BCUT2D eigenvalue weighted by Gasteiger charge is 2.22. The van der Waals surface area contributed by atoms with Crippen LogP contribution in [-0.2, 0) is 16.0 Å². The molecule has 7 heteroatoms. The van der Waals surface area contributed by atoms with Crippen molar-refractivity contribution in [2.75, 3.05) is 13.1 Å². The molecule has 0 unspecified atom stereocenters. The molecule has 0 aromatic carbocycles. The number of rotatable bonds is 7. The molecule has 1 saturated heterocycles. The fourth-order valence-electron chi connectivity index (χ4n) is 2.59. The van der Waals surface area contributed by atoms with Gasteiger partial charge in [-0.1, -0.05) is 0 Å². The molecule has 1 amide bonds. The molecule has 2 rings (SSSR count). The van der Waals surface area contributed by atoms with Crippen molar-refractivity contribution >= 4 is 11.9 Å². The number of piperidine rings is 1. The third-order valence-corrected chi connectivity index (χ3v) is 3.85. The molecule has 7 nitrogen and oxygen atoms in total. The van der Waals surface area contributed by atoms with Crippen LogP contribution in [0, 0.1) is 5.92 Å². The topological polar surface area (TPSA) is 107 Å². The highest BCUT2D eigenvalue weighted by atomic mass is 16.4. The first-order valence-corrected chi connectivity index (χ1v) is 7.35. The largest absolute Gasteiger partial charge is 0.480 e. The van der Waals surface area contributed by atoms with Crippen molar-refractivity contribution in [1.82, 2.24) is 20.6 Å². The highest BCUT2D eigenvalue weighted by molar-refractivity contribution is 5.83. The average Bonchev–Trinajstić information content (AvgIpc) is 2.98. The summed E-state index contributed by atoms with van der Waals surface area (Å²) in [6, 6.07) is -0.911. The summed E-state index contributed by atoms with van der Waals surface area (Å²) in [4.78, 5) is 29.8. The number of carbonyl (C=O) groups is 2. The number of H-pyrrole nitrogens is 1. The molecule has 1 aromatic heterocycles. The van der Waals surface area contributed by atoms with Crippen LogP contribution in [0.25, 0.3) is 0 Å². The van der Waals surface area contributed by atoms with Crippen molar-refractivity contribution < 1.29 is 14.7 Å². The van der Waals surface area contributed by atoms with Crippen molar-refractivity contribution in [3.63, 3.8) is 0 Å². The van der Waals surface area contributed by atoms with Gasteiger partial charge in [-0.2, -0.15) is 0 Å². The number of aromatic nitrogens is 2. The van der Waals surface area contributed by atoms with E-state index >= 15 is 0 Å². The lowest BCUT2D eigenvalue weighted by molar-refractivity contribution is -0.141. The van der Waals surface area contributed by atoms with E-state index in [-0.39, 0.29) is 12.3 Å². The third-order valence-electron chi connectivity index (χ3n) is 3.85.